The second kappa shape index (κ2) is 5.29. The molecule has 0 aromatic heterocycles. The van der Waals surface area contributed by atoms with Crippen molar-refractivity contribution in [2.24, 2.45) is 5.73 Å². The molecule has 3 N–H and O–H groups in total. The third kappa shape index (κ3) is 2.94. The van der Waals surface area contributed by atoms with Gasteiger partial charge in [0.05, 0.1) is 5.02 Å². The fraction of sp³-hybridized carbons (Fsp3) is 0.400. The topological polar surface area (TPSA) is 38.0 Å². The Bertz CT molecular complexity index is 304. The highest BCUT2D eigenvalue weighted by atomic mass is 35.5. The van der Waals surface area contributed by atoms with E-state index in [1.165, 1.54) is 6.07 Å². The van der Waals surface area contributed by atoms with E-state index in [-0.39, 0.29) is 16.9 Å². The zero-order chi connectivity index (χ0) is 10.6. The second-order valence-corrected chi connectivity index (χ2v) is 3.64. The summed E-state index contributed by atoms with van der Waals surface area (Å²) in [5, 5.41) is 3.25. The average molecular weight is 217 g/mol. The van der Waals surface area contributed by atoms with Gasteiger partial charge in [0, 0.05) is 24.7 Å². The summed E-state index contributed by atoms with van der Waals surface area (Å²) in [7, 11) is 0. The number of benzene rings is 1. The van der Waals surface area contributed by atoms with Crippen LogP contribution in [-0.2, 0) is 6.54 Å². The van der Waals surface area contributed by atoms with Crippen molar-refractivity contribution in [3.8, 4) is 0 Å². The lowest BCUT2D eigenvalue weighted by Gasteiger charge is -2.11. The van der Waals surface area contributed by atoms with Crippen LogP contribution >= 0.6 is 11.6 Å². The van der Waals surface area contributed by atoms with Crippen LogP contribution in [0.4, 0.5) is 4.39 Å². The molecule has 1 rings (SSSR count). The van der Waals surface area contributed by atoms with E-state index in [0.717, 1.165) is 0 Å². The van der Waals surface area contributed by atoms with Crippen molar-refractivity contribution in [1.29, 1.82) is 0 Å². The van der Waals surface area contributed by atoms with Crippen LogP contribution in [0.5, 0.6) is 0 Å². The number of hydrogen-bond donors (Lipinski definition) is 2. The van der Waals surface area contributed by atoms with Crippen molar-refractivity contribution in [3.05, 3.63) is 34.6 Å². The predicted octanol–water partition coefficient (Wildman–Crippen LogP) is 1.92. The molecule has 1 atom stereocenters. The first-order valence-electron chi connectivity index (χ1n) is 4.51. The summed E-state index contributed by atoms with van der Waals surface area (Å²) >= 11 is 5.64. The first kappa shape index (κ1) is 11.4. The number of rotatable bonds is 4. The van der Waals surface area contributed by atoms with E-state index < -0.39 is 0 Å². The molecule has 0 unspecified atom stereocenters. The van der Waals surface area contributed by atoms with Gasteiger partial charge in [-0.3, -0.25) is 0 Å². The second-order valence-electron chi connectivity index (χ2n) is 3.23. The van der Waals surface area contributed by atoms with Crippen molar-refractivity contribution < 1.29 is 4.39 Å². The van der Waals surface area contributed by atoms with Crippen LogP contribution in [0.2, 0.25) is 5.02 Å². The molecule has 14 heavy (non-hydrogen) atoms. The lowest BCUT2D eigenvalue weighted by Crippen LogP contribution is -2.32. The maximum Gasteiger partial charge on any atom is 0.146 e. The minimum atomic E-state index is -0.356. The lowest BCUT2D eigenvalue weighted by atomic mass is 10.2. The summed E-state index contributed by atoms with van der Waals surface area (Å²) in [6, 6.07) is 5.15. The van der Waals surface area contributed by atoms with Crippen LogP contribution in [0, 0.1) is 5.82 Å². The largest absolute Gasteiger partial charge is 0.329 e. The van der Waals surface area contributed by atoms with Crippen LogP contribution in [0.25, 0.3) is 0 Å². The summed E-state index contributed by atoms with van der Waals surface area (Å²) < 4.78 is 13.4. The van der Waals surface area contributed by atoms with Gasteiger partial charge in [0.2, 0.25) is 0 Å². The van der Waals surface area contributed by atoms with Gasteiger partial charge in [0.25, 0.3) is 0 Å². The van der Waals surface area contributed by atoms with E-state index in [1.54, 1.807) is 12.1 Å². The molecule has 0 aliphatic rings. The van der Waals surface area contributed by atoms with Crippen molar-refractivity contribution in [3.63, 3.8) is 0 Å². The highest BCUT2D eigenvalue weighted by molar-refractivity contribution is 6.30. The van der Waals surface area contributed by atoms with Crippen molar-refractivity contribution in [2.45, 2.75) is 19.5 Å². The van der Waals surface area contributed by atoms with Crippen molar-refractivity contribution in [1.82, 2.24) is 5.32 Å². The van der Waals surface area contributed by atoms with E-state index in [4.69, 9.17) is 17.3 Å². The minimum Gasteiger partial charge on any atom is -0.329 e. The Hall–Kier alpha value is -0.640. The smallest absolute Gasteiger partial charge is 0.146 e. The number of hydrogen-bond acceptors (Lipinski definition) is 2. The molecular formula is C10H14ClFN2. The number of nitrogens with one attached hydrogen (secondary N) is 1. The van der Waals surface area contributed by atoms with E-state index in [1.807, 2.05) is 6.92 Å². The summed E-state index contributed by atoms with van der Waals surface area (Å²) in [5.74, 6) is -0.356. The van der Waals surface area contributed by atoms with Gasteiger partial charge in [0.15, 0.2) is 0 Å². The molecule has 1 aromatic carbocycles. The van der Waals surface area contributed by atoms with Gasteiger partial charge < -0.3 is 11.1 Å². The maximum atomic E-state index is 13.4. The third-order valence-corrected chi connectivity index (χ3v) is 2.32. The third-order valence-electron chi connectivity index (χ3n) is 2.03. The molecule has 0 saturated carbocycles. The zero-order valence-corrected chi connectivity index (χ0v) is 8.81. The molecule has 4 heteroatoms. The summed E-state index contributed by atoms with van der Waals surface area (Å²) in [5.41, 5.74) is 5.99. The Morgan fingerprint density at radius 1 is 1.57 bits per heavy atom. The van der Waals surface area contributed by atoms with E-state index in [0.29, 0.717) is 18.7 Å². The molecule has 0 aliphatic heterocycles. The highest BCUT2D eigenvalue weighted by Gasteiger charge is 2.06. The molecular weight excluding hydrogens is 203 g/mol. The van der Waals surface area contributed by atoms with Crippen LogP contribution in [0.15, 0.2) is 18.2 Å². The molecule has 0 aliphatic carbocycles. The molecule has 78 valence electrons. The highest BCUT2D eigenvalue weighted by Crippen LogP contribution is 2.17. The number of halogens is 2. The van der Waals surface area contributed by atoms with Gasteiger partial charge in [-0.15, -0.1) is 0 Å². The Morgan fingerprint density at radius 2 is 2.29 bits per heavy atom. The first-order valence-corrected chi connectivity index (χ1v) is 4.89. The standard InChI is InChI=1S/C10H14ClFN2/c1-7(5-13)14-6-8-3-2-4-9(11)10(8)12/h2-4,7,14H,5-6,13H2,1H3/t7-/m0/s1. The lowest BCUT2D eigenvalue weighted by molar-refractivity contribution is 0.533. The predicted molar refractivity (Wildman–Crippen MR) is 56.8 cm³/mol. The molecule has 0 spiro atoms. The van der Waals surface area contributed by atoms with Crippen LogP contribution < -0.4 is 11.1 Å². The van der Waals surface area contributed by atoms with E-state index >= 15 is 0 Å². The summed E-state index contributed by atoms with van der Waals surface area (Å²) in [6.07, 6.45) is 0. The van der Waals surface area contributed by atoms with Gasteiger partial charge in [0.1, 0.15) is 5.82 Å². The normalized spacial score (nSPS) is 12.9. The van der Waals surface area contributed by atoms with Gasteiger partial charge in [-0.25, -0.2) is 4.39 Å². The summed E-state index contributed by atoms with van der Waals surface area (Å²) in [6.45, 7) is 2.93. The maximum absolute atomic E-state index is 13.4. The Morgan fingerprint density at radius 3 is 2.93 bits per heavy atom. The first-order chi connectivity index (χ1) is 6.65. The Kier molecular flexibility index (Phi) is 4.32. The Balaban J connectivity index is 2.63. The SMILES string of the molecule is C[C@@H](CN)NCc1cccc(Cl)c1F. The fourth-order valence-electron chi connectivity index (χ4n) is 1.05. The molecule has 2 nitrogen and oxygen atoms in total. The summed E-state index contributed by atoms with van der Waals surface area (Å²) in [4.78, 5) is 0. The van der Waals surface area contributed by atoms with Crippen molar-refractivity contribution >= 4 is 11.6 Å². The van der Waals surface area contributed by atoms with Crippen LogP contribution in [-0.4, -0.2) is 12.6 Å². The molecule has 0 radical (unpaired) electrons. The molecule has 0 heterocycles. The molecule has 1 aromatic rings. The van der Waals surface area contributed by atoms with Gasteiger partial charge in [-0.1, -0.05) is 23.7 Å². The van der Waals surface area contributed by atoms with Crippen LogP contribution in [0.3, 0.4) is 0 Å². The Labute approximate surface area is 88.2 Å². The monoisotopic (exact) mass is 216 g/mol. The molecule has 0 amide bonds. The number of nitrogens with two attached hydrogens (primary N) is 1. The fourth-order valence-corrected chi connectivity index (χ4v) is 1.25. The average Bonchev–Trinajstić information content (AvgIpc) is 2.20. The van der Waals surface area contributed by atoms with E-state index in [9.17, 15) is 4.39 Å². The van der Waals surface area contributed by atoms with Gasteiger partial charge in [-0.05, 0) is 13.0 Å². The van der Waals surface area contributed by atoms with Gasteiger partial charge >= 0.3 is 0 Å². The molecule has 0 saturated heterocycles. The molecule has 0 bridgehead atoms. The van der Waals surface area contributed by atoms with Crippen LogP contribution in [0.1, 0.15) is 12.5 Å². The van der Waals surface area contributed by atoms with Crippen molar-refractivity contribution in [2.75, 3.05) is 6.54 Å². The quantitative estimate of drug-likeness (QED) is 0.807. The van der Waals surface area contributed by atoms with Gasteiger partial charge in [-0.2, -0.15) is 0 Å². The molecule has 0 fully saturated rings. The zero-order valence-electron chi connectivity index (χ0n) is 8.06. The minimum absolute atomic E-state index is 0.157. The van der Waals surface area contributed by atoms with E-state index in [2.05, 4.69) is 5.32 Å².